The number of fused-ring (bicyclic) bond motifs is 1. The molecule has 1 heterocycles. The summed E-state index contributed by atoms with van der Waals surface area (Å²) in [6.07, 6.45) is 9.02. The Labute approximate surface area is 155 Å². The van der Waals surface area contributed by atoms with Crippen molar-refractivity contribution in [2.45, 2.75) is 71.3 Å². The summed E-state index contributed by atoms with van der Waals surface area (Å²) < 4.78 is 0. The van der Waals surface area contributed by atoms with Crippen molar-refractivity contribution >= 4 is 17.2 Å². The molecule has 1 aliphatic carbocycles. The molecule has 0 amide bonds. The van der Waals surface area contributed by atoms with Gasteiger partial charge < -0.3 is 5.32 Å². The minimum Gasteiger partial charge on any atom is -0.379 e. The van der Waals surface area contributed by atoms with E-state index in [-0.39, 0.29) is 27.9 Å². The van der Waals surface area contributed by atoms with Crippen LogP contribution >= 0.6 is 0 Å². The number of allylic oxidation sites excluding steroid dienone is 1. The number of aryl methyl sites for hydroxylation is 1. The highest BCUT2D eigenvalue weighted by molar-refractivity contribution is 5.98. The minimum absolute atomic E-state index is 0.0840. The van der Waals surface area contributed by atoms with Crippen LogP contribution in [0.5, 0.6) is 0 Å². The van der Waals surface area contributed by atoms with Gasteiger partial charge in [0, 0.05) is 40.4 Å². The second-order valence-electron chi connectivity index (χ2n) is 8.39. The number of hydrogen-bond donors (Lipinski definition) is 1. The van der Waals surface area contributed by atoms with Crippen LogP contribution in [0.25, 0.3) is 5.70 Å². The summed E-state index contributed by atoms with van der Waals surface area (Å²) in [5.74, 6) is 0.238. The van der Waals surface area contributed by atoms with Crippen molar-refractivity contribution in [3.63, 3.8) is 0 Å². The predicted octanol–water partition coefficient (Wildman–Crippen LogP) is 4.71. The van der Waals surface area contributed by atoms with Crippen LogP contribution in [-0.2, 0) is 11.2 Å². The first-order valence-corrected chi connectivity index (χ1v) is 9.59. The number of nitro groups is 1. The van der Waals surface area contributed by atoms with Crippen LogP contribution in [0.4, 0.5) is 5.69 Å². The largest absolute Gasteiger partial charge is 0.379 e. The van der Waals surface area contributed by atoms with E-state index in [1.165, 1.54) is 12.8 Å². The molecule has 1 saturated carbocycles. The van der Waals surface area contributed by atoms with Crippen molar-refractivity contribution in [3.8, 4) is 0 Å². The standard InChI is InChI=1S/C21H28N2O3/c1-14-10-16-13-21(2,3)22-18(17(16)11-19(14)23(25)26)12-20(24)15-8-6-4-5-7-9-15/h10-12,15,22H,4-9,13H2,1-3H3/b18-12-. The number of nitrogens with zero attached hydrogens (tertiary/aromatic N) is 1. The Bertz CT molecular complexity index is 757. The van der Waals surface area contributed by atoms with Gasteiger partial charge in [-0.3, -0.25) is 14.9 Å². The summed E-state index contributed by atoms with van der Waals surface area (Å²) in [4.78, 5) is 23.9. The maximum Gasteiger partial charge on any atom is 0.272 e. The molecule has 0 radical (unpaired) electrons. The second kappa shape index (κ2) is 7.22. The van der Waals surface area contributed by atoms with E-state index in [0.29, 0.717) is 5.56 Å². The van der Waals surface area contributed by atoms with E-state index in [0.717, 1.165) is 48.9 Å². The normalized spacial score (nSPS) is 21.6. The Morgan fingerprint density at radius 3 is 2.50 bits per heavy atom. The molecule has 0 aromatic heterocycles. The molecule has 140 valence electrons. The summed E-state index contributed by atoms with van der Waals surface area (Å²) in [6.45, 7) is 5.96. The molecule has 0 atom stereocenters. The second-order valence-corrected chi connectivity index (χ2v) is 8.39. The van der Waals surface area contributed by atoms with Crippen molar-refractivity contribution in [1.82, 2.24) is 5.32 Å². The highest BCUT2D eigenvalue weighted by atomic mass is 16.6. The van der Waals surface area contributed by atoms with Crippen molar-refractivity contribution in [2.24, 2.45) is 5.92 Å². The third kappa shape index (κ3) is 3.97. The lowest BCUT2D eigenvalue weighted by Crippen LogP contribution is -2.44. The highest BCUT2D eigenvalue weighted by Gasteiger charge is 2.31. The van der Waals surface area contributed by atoms with E-state index >= 15 is 0 Å². The Morgan fingerprint density at radius 1 is 1.23 bits per heavy atom. The quantitative estimate of drug-likeness (QED) is 0.368. The first-order valence-electron chi connectivity index (χ1n) is 9.59. The maximum atomic E-state index is 12.9. The first-order chi connectivity index (χ1) is 12.3. The van der Waals surface area contributed by atoms with Crippen LogP contribution in [0.1, 0.15) is 69.1 Å². The molecular formula is C21H28N2O3. The molecular weight excluding hydrogens is 328 g/mol. The average Bonchev–Trinajstić information content (AvgIpc) is 2.82. The van der Waals surface area contributed by atoms with E-state index in [2.05, 4.69) is 19.2 Å². The van der Waals surface area contributed by atoms with Gasteiger partial charge in [0.1, 0.15) is 0 Å². The number of carbonyl (C=O) groups excluding carboxylic acids is 1. The molecule has 1 aromatic carbocycles. The van der Waals surface area contributed by atoms with Gasteiger partial charge in [-0.05, 0) is 51.7 Å². The van der Waals surface area contributed by atoms with Gasteiger partial charge in [-0.25, -0.2) is 0 Å². The lowest BCUT2D eigenvalue weighted by molar-refractivity contribution is -0.385. The average molecular weight is 356 g/mol. The zero-order chi connectivity index (χ0) is 18.9. The Morgan fingerprint density at radius 2 is 1.88 bits per heavy atom. The van der Waals surface area contributed by atoms with Crippen LogP contribution < -0.4 is 5.32 Å². The molecule has 3 rings (SSSR count). The van der Waals surface area contributed by atoms with Gasteiger partial charge in [-0.15, -0.1) is 0 Å². The fourth-order valence-electron chi connectivity index (χ4n) is 4.24. The van der Waals surface area contributed by atoms with E-state index in [1.54, 1.807) is 19.1 Å². The molecule has 26 heavy (non-hydrogen) atoms. The summed E-state index contributed by atoms with van der Waals surface area (Å²) >= 11 is 0. The molecule has 1 aliphatic heterocycles. The van der Waals surface area contributed by atoms with Crippen LogP contribution in [-0.4, -0.2) is 16.2 Å². The first kappa shape index (κ1) is 18.6. The Kier molecular flexibility index (Phi) is 5.17. The van der Waals surface area contributed by atoms with E-state index in [9.17, 15) is 14.9 Å². The number of benzene rings is 1. The van der Waals surface area contributed by atoms with E-state index in [4.69, 9.17) is 0 Å². The SMILES string of the molecule is Cc1cc2c(cc1[N+](=O)[O-])/C(=C/C(=O)C1CCCCCC1)NC(C)(C)C2. The lowest BCUT2D eigenvalue weighted by Gasteiger charge is -2.36. The molecule has 0 unspecified atom stereocenters. The fourth-order valence-corrected chi connectivity index (χ4v) is 4.24. The van der Waals surface area contributed by atoms with E-state index < -0.39 is 0 Å². The highest BCUT2D eigenvalue weighted by Crippen LogP contribution is 2.35. The zero-order valence-electron chi connectivity index (χ0n) is 15.9. The van der Waals surface area contributed by atoms with Crippen molar-refractivity contribution in [1.29, 1.82) is 0 Å². The summed E-state index contributed by atoms with van der Waals surface area (Å²) in [7, 11) is 0. The number of nitrogens with one attached hydrogen (secondary N) is 1. The predicted molar refractivity (Wildman–Crippen MR) is 103 cm³/mol. The molecule has 5 heteroatoms. The van der Waals surface area contributed by atoms with Crippen LogP contribution in [0.3, 0.4) is 0 Å². The van der Waals surface area contributed by atoms with Gasteiger partial charge in [0.25, 0.3) is 5.69 Å². The number of carbonyl (C=O) groups is 1. The molecule has 0 bridgehead atoms. The molecule has 0 spiro atoms. The van der Waals surface area contributed by atoms with Crippen molar-refractivity contribution in [3.05, 3.63) is 45.0 Å². The lowest BCUT2D eigenvalue weighted by atomic mass is 9.83. The monoisotopic (exact) mass is 356 g/mol. The van der Waals surface area contributed by atoms with Gasteiger partial charge in [0.2, 0.25) is 0 Å². The topological polar surface area (TPSA) is 72.2 Å². The van der Waals surface area contributed by atoms with Crippen molar-refractivity contribution in [2.75, 3.05) is 0 Å². The molecule has 1 N–H and O–H groups in total. The van der Waals surface area contributed by atoms with E-state index in [1.807, 2.05) is 6.07 Å². The van der Waals surface area contributed by atoms with Crippen LogP contribution in [0.2, 0.25) is 0 Å². The summed E-state index contributed by atoms with van der Waals surface area (Å²) in [6, 6.07) is 3.53. The van der Waals surface area contributed by atoms with Crippen LogP contribution in [0, 0.1) is 23.0 Å². The smallest absolute Gasteiger partial charge is 0.272 e. The number of nitro benzene ring substituents is 1. The van der Waals surface area contributed by atoms with Gasteiger partial charge in [0.05, 0.1) is 4.92 Å². The molecule has 1 aromatic rings. The number of hydrogen-bond acceptors (Lipinski definition) is 4. The zero-order valence-corrected chi connectivity index (χ0v) is 15.9. The minimum atomic E-state index is -0.347. The van der Waals surface area contributed by atoms with Crippen molar-refractivity contribution < 1.29 is 9.72 Å². The van der Waals surface area contributed by atoms with Gasteiger partial charge in [-0.2, -0.15) is 0 Å². The molecule has 1 fully saturated rings. The van der Waals surface area contributed by atoms with Gasteiger partial charge >= 0.3 is 0 Å². The summed E-state index contributed by atoms with van der Waals surface area (Å²) in [5.41, 5.74) is 3.18. The maximum absolute atomic E-state index is 12.9. The third-order valence-electron chi connectivity index (χ3n) is 5.56. The molecule has 0 saturated heterocycles. The molecule has 2 aliphatic rings. The van der Waals surface area contributed by atoms with Gasteiger partial charge in [-0.1, -0.05) is 25.7 Å². The third-order valence-corrected chi connectivity index (χ3v) is 5.56. The molecule has 5 nitrogen and oxygen atoms in total. The van der Waals surface area contributed by atoms with Crippen LogP contribution in [0.15, 0.2) is 18.2 Å². The fraction of sp³-hybridized carbons (Fsp3) is 0.571. The number of rotatable bonds is 3. The Balaban J connectivity index is 2.00. The Hall–Kier alpha value is -2.17. The van der Waals surface area contributed by atoms with Gasteiger partial charge in [0.15, 0.2) is 5.78 Å². The summed E-state index contributed by atoms with van der Waals surface area (Å²) in [5, 5.41) is 14.8. The number of ketones is 1.